The van der Waals surface area contributed by atoms with Crippen LogP contribution < -0.4 is 4.90 Å². The molecule has 2 aromatic heterocycles. The number of H-pyrrole nitrogens is 1. The van der Waals surface area contributed by atoms with Crippen molar-refractivity contribution in [3.8, 4) is 11.1 Å². The number of aromatic amines is 1. The second-order valence-corrected chi connectivity index (χ2v) is 9.16. The summed E-state index contributed by atoms with van der Waals surface area (Å²) in [6.45, 7) is 11.8. The normalized spacial score (nSPS) is 14.3. The van der Waals surface area contributed by atoms with Crippen molar-refractivity contribution in [1.29, 1.82) is 0 Å². The molecular formula is C26H25ClFN5O. The van der Waals surface area contributed by atoms with Crippen molar-refractivity contribution in [3.05, 3.63) is 64.7 Å². The predicted molar refractivity (Wildman–Crippen MR) is 135 cm³/mol. The second kappa shape index (κ2) is 8.40. The second-order valence-electron chi connectivity index (χ2n) is 8.75. The van der Waals surface area contributed by atoms with Crippen LogP contribution >= 0.6 is 11.6 Å². The molecule has 0 spiro atoms. The largest absolute Gasteiger partial charge is 0.367 e. The standard InChI is InChI=1S/C26H25ClFN5O/c1-5-20(34)32-8-10-33(11-9-32)26-15(3)13-29-25-17(26)12-18(27)23(24(25)28)21-14(2)6-7-19-22(21)16(4)30-31-19/h5-7,12-13H,1,8-11H2,2-4H3,(H,30,31). The third kappa shape index (κ3) is 3.42. The average molecular weight is 478 g/mol. The topological polar surface area (TPSA) is 65.1 Å². The molecule has 34 heavy (non-hydrogen) atoms. The number of piperazine rings is 1. The molecule has 0 radical (unpaired) electrons. The molecule has 1 aliphatic rings. The van der Waals surface area contributed by atoms with E-state index in [9.17, 15) is 4.79 Å². The van der Waals surface area contributed by atoms with Gasteiger partial charge in [0.15, 0.2) is 5.82 Å². The summed E-state index contributed by atoms with van der Waals surface area (Å²) >= 11 is 6.80. The first-order chi connectivity index (χ1) is 16.3. The number of hydrogen-bond donors (Lipinski definition) is 1. The fourth-order valence-corrected chi connectivity index (χ4v) is 5.26. The van der Waals surface area contributed by atoms with E-state index < -0.39 is 5.82 Å². The van der Waals surface area contributed by atoms with Crippen LogP contribution in [0.2, 0.25) is 5.02 Å². The van der Waals surface area contributed by atoms with Crippen LogP contribution in [0.5, 0.6) is 0 Å². The third-order valence-electron chi connectivity index (χ3n) is 6.65. The number of hydrogen-bond acceptors (Lipinski definition) is 4. The van der Waals surface area contributed by atoms with Gasteiger partial charge < -0.3 is 9.80 Å². The Balaban J connectivity index is 1.67. The van der Waals surface area contributed by atoms with Crippen molar-refractivity contribution >= 4 is 45.0 Å². The highest BCUT2D eigenvalue weighted by Gasteiger charge is 2.26. The molecule has 2 aromatic carbocycles. The predicted octanol–water partition coefficient (Wildman–Crippen LogP) is 5.33. The Morgan fingerprint density at radius 2 is 1.88 bits per heavy atom. The number of aryl methyl sites for hydroxylation is 3. The van der Waals surface area contributed by atoms with Crippen LogP contribution in [0, 0.1) is 26.6 Å². The first-order valence-electron chi connectivity index (χ1n) is 11.2. The number of halogens is 2. The van der Waals surface area contributed by atoms with Gasteiger partial charge in [0.25, 0.3) is 0 Å². The Hall–Kier alpha value is -3.45. The van der Waals surface area contributed by atoms with E-state index in [4.69, 9.17) is 11.6 Å². The van der Waals surface area contributed by atoms with Crippen LogP contribution in [-0.2, 0) is 4.79 Å². The molecule has 6 nitrogen and oxygen atoms in total. The molecule has 0 bridgehead atoms. The molecule has 5 rings (SSSR count). The minimum atomic E-state index is -0.444. The molecule has 1 aliphatic heterocycles. The van der Waals surface area contributed by atoms with Crippen LogP contribution in [-0.4, -0.2) is 52.2 Å². The van der Waals surface area contributed by atoms with Gasteiger partial charge in [0.1, 0.15) is 5.52 Å². The van der Waals surface area contributed by atoms with Crippen LogP contribution in [0.25, 0.3) is 32.9 Å². The number of pyridine rings is 1. The smallest absolute Gasteiger partial charge is 0.246 e. The number of carbonyl (C=O) groups is 1. The summed E-state index contributed by atoms with van der Waals surface area (Å²) in [6.07, 6.45) is 3.04. The summed E-state index contributed by atoms with van der Waals surface area (Å²) in [5, 5.41) is 9.18. The highest BCUT2D eigenvalue weighted by molar-refractivity contribution is 6.35. The molecule has 0 atom stereocenters. The lowest BCUT2D eigenvalue weighted by Gasteiger charge is -2.37. The summed E-state index contributed by atoms with van der Waals surface area (Å²) in [4.78, 5) is 20.4. The number of carbonyl (C=O) groups excluding carboxylic acids is 1. The molecule has 1 amide bonds. The number of benzene rings is 2. The van der Waals surface area contributed by atoms with Gasteiger partial charge in [-0.25, -0.2) is 4.39 Å². The molecule has 0 saturated carbocycles. The molecule has 1 fully saturated rings. The maximum atomic E-state index is 16.2. The van der Waals surface area contributed by atoms with Gasteiger partial charge >= 0.3 is 0 Å². The fourth-order valence-electron chi connectivity index (χ4n) is 4.97. The molecule has 3 heterocycles. The Bertz CT molecular complexity index is 1470. The van der Waals surface area contributed by atoms with Crippen LogP contribution in [0.1, 0.15) is 16.8 Å². The van der Waals surface area contributed by atoms with E-state index >= 15 is 4.39 Å². The lowest BCUT2D eigenvalue weighted by atomic mass is 9.93. The minimum Gasteiger partial charge on any atom is -0.367 e. The molecule has 8 heteroatoms. The monoisotopic (exact) mass is 477 g/mol. The lowest BCUT2D eigenvalue weighted by Crippen LogP contribution is -2.48. The lowest BCUT2D eigenvalue weighted by molar-refractivity contribution is -0.126. The van der Waals surface area contributed by atoms with Gasteiger partial charge in [-0.05, 0) is 50.1 Å². The van der Waals surface area contributed by atoms with Crippen molar-refractivity contribution in [2.24, 2.45) is 0 Å². The SMILES string of the molecule is C=CC(=O)N1CCN(c2c(C)cnc3c(F)c(-c4c(C)ccc5n[nH]c(C)c45)c(Cl)cc23)CC1. The molecule has 1 saturated heterocycles. The molecular weight excluding hydrogens is 453 g/mol. The number of rotatable bonds is 3. The van der Waals surface area contributed by atoms with Crippen molar-refractivity contribution in [2.45, 2.75) is 20.8 Å². The van der Waals surface area contributed by atoms with Gasteiger partial charge in [-0.15, -0.1) is 0 Å². The van der Waals surface area contributed by atoms with E-state index in [1.807, 2.05) is 39.0 Å². The number of anilines is 1. The Kier molecular flexibility index (Phi) is 5.52. The zero-order valence-electron chi connectivity index (χ0n) is 19.4. The average Bonchev–Trinajstić information content (AvgIpc) is 3.20. The van der Waals surface area contributed by atoms with Crippen molar-refractivity contribution in [3.63, 3.8) is 0 Å². The van der Waals surface area contributed by atoms with E-state index in [0.29, 0.717) is 42.2 Å². The number of nitrogens with one attached hydrogen (secondary N) is 1. The molecule has 0 unspecified atom stereocenters. The summed E-state index contributed by atoms with van der Waals surface area (Å²) in [5.41, 5.74) is 5.71. The van der Waals surface area contributed by atoms with Crippen molar-refractivity contribution < 1.29 is 9.18 Å². The highest BCUT2D eigenvalue weighted by Crippen LogP contribution is 2.43. The van der Waals surface area contributed by atoms with Crippen molar-refractivity contribution in [1.82, 2.24) is 20.1 Å². The van der Waals surface area contributed by atoms with E-state index in [2.05, 4.69) is 26.7 Å². The Morgan fingerprint density at radius 1 is 1.15 bits per heavy atom. The van der Waals surface area contributed by atoms with Crippen molar-refractivity contribution in [2.75, 3.05) is 31.1 Å². The van der Waals surface area contributed by atoms with Gasteiger partial charge in [-0.2, -0.15) is 5.10 Å². The fraction of sp³-hybridized carbons (Fsp3) is 0.269. The summed E-state index contributed by atoms with van der Waals surface area (Å²) in [7, 11) is 0. The number of amides is 1. The zero-order chi connectivity index (χ0) is 24.1. The van der Waals surface area contributed by atoms with E-state index in [1.165, 1.54) is 6.08 Å². The van der Waals surface area contributed by atoms with Crippen LogP contribution in [0.4, 0.5) is 10.1 Å². The van der Waals surface area contributed by atoms with Gasteiger partial charge in [0.2, 0.25) is 5.91 Å². The van der Waals surface area contributed by atoms with E-state index in [1.54, 1.807) is 11.1 Å². The summed E-state index contributed by atoms with van der Waals surface area (Å²) in [6, 6.07) is 5.66. The molecule has 174 valence electrons. The Morgan fingerprint density at radius 3 is 2.59 bits per heavy atom. The van der Waals surface area contributed by atoms with E-state index in [-0.39, 0.29) is 11.4 Å². The first-order valence-corrected chi connectivity index (χ1v) is 11.6. The maximum absolute atomic E-state index is 16.2. The zero-order valence-corrected chi connectivity index (χ0v) is 20.1. The highest BCUT2D eigenvalue weighted by atomic mass is 35.5. The van der Waals surface area contributed by atoms with Gasteiger partial charge in [-0.1, -0.05) is 24.2 Å². The first kappa shape index (κ1) is 22.3. The third-order valence-corrected chi connectivity index (χ3v) is 6.95. The quantitative estimate of drug-likeness (QED) is 0.405. The van der Waals surface area contributed by atoms with E-state index in [0.717, 1.165) is 39.0 Å². The number of nitrogens with zero attached hydrogens (tertiary/aromatic N) is 4. The van der Waals surface area contributed by atoms with Crippen LogP contribution in [0.3, 0.4) is 0 Å². The van der Waals surface area contributed by atoms with Gasteiger partial charge in [0.05, 0.1) is 16.2 Å². The molecule has 4 aromatic rings. The summed E-state index contributed by atoms with van der Waals surface area (Å²) < 4.78 is 16.2. The van der Waals surface area contributed by atoms with Crippen LogP contribution in [0.15, 0.2) is 37.1 Å². The maximum Gasteiger partial charge on any atom is 0.246 e. The minimum absolute atomic E-state index is 0.0752. The van der Waals surface area contributed by atoms with Gasteiger partial charge in [-0.3, -0.25) is 14.9 Å². The Labute approximate surface area is 202 Å². The van der Waals surface area contributed by atoms with Gasteiger partial charge in [0, 0.05) is 60.0 Å². The summed E-state index contributed by atoms with van der Waals surface area (Å²) in [5.74, 6) is -0.519. The molecule has 1 N–H and O–H groups in total. The number of fused-ring (bicyclic) bond motifs is 2. The molecule has 0 aliphatic carbocycles. The number of aromatic nitrogens is 3.